The monoisotopic (exact) mass is 376 g/mol. The van der Waals surface area contributed by atoms with Crippen LogP contribution < -0.4 is 10.1 Å². The second-order valence-electron chi connectivity index (χ2n) is 6.20. The van der Waals surface area contributed by atoms with E-state index in [0.29, 0.717) is 23.8 Å². The Balaban J connectivity index is 1.59. The highest BCUT2D eigenvalue weighted by Crippen LogP contribution is 2.16. The molecule has 138 valence electrons. The van der Waals surface area contributed by atoms with Gasteiger partial charge in [-0.2, -0.15) is 0 Å². The Morgan fingerprint density at radius 3 is 2.85 bits per heavy atom. The van der Waals surface area contributed by atoms with Crippen molar-refractivity contribution in [3.8, 4) is 5.88 Å². The second-order valence-corrected chi connectivity index (χ2v) is 7.96. The van der Waals surface area contributed by atoms with Gasteiger partial charge in [-0.05, 0) is 31.6 Å². The zero-order chi connectivity index (χ0) is 18.7. The number of aromatic nitrogens is 1. The number of carbonyl (C=O) groups is 1. The number of rotatable bonds is 5. The highest BCUT2D eigenvalue weighted by atomic mass is 32.2. The van der Waals surface area contributed by atoms with Crippen molar-refractivity contribution in [1.29, 1.82) is 0 Å². The van der Waals surface area contributed by atoms with E-state index in [9.17, 15) is 13.2 Å². The maximum absolute atomic E-state index is 12.3. The Hall–Kier alpha value is -2.68. The Kier molecular flexibility index (Phi) is 5.08. The molecular formula is C17H20N4O4S. The quantitative estimate of drug-likeness (QED) is 0.822. The molecule has 8 nitrogen and oxygen atoms in total. The Bertz CT molecular complexity index is 886. The van der Waals surface area contributed by atoms with Crippen LogP contribution in [0.15, 0.2) is 46.7 Å². The minimum absolute atomic E-state index is 0.0521. The van der Waals surface area contributed by atoms with Gasteiger partial charge in [0.05, 0.1) is 17.4 Å². The highest BCUT2D eigenvalue weighted by Gasteiger charge is 2.24. The summed E-state index contributed by atoms with van der Waals surface area (Å²) in [6, 6.07) is 3.61. The lowest BCUT2D eigenvalue weighted by Crippen LogP contribution is -2.38. The summed E-state index contributed by atoms with van der Waals surface area (Å²) in [4.78, 5) is 18.2. The predicted molar refractivity (Wildman–Crippen MR) is 97.0 cm³/mol. The van der Waals surface area contributed by atoms with E-state index in [1.807, 2.05) is 19.9 Å². The van der Waals surface area contributed by atoms with Crippen LogP contribution in [0.3, 0.4) is 0 Å². The number of hydrogen-bond donors (Lipinski definition) is 1. The molecule has 26 heavy (non-hydrogen) atoms. The molecule has 0 spiro atoms. The normalized spacial score (nSPS) is 18.0. The van der Waals surface area contributed by atoms with Crippen LogP contribution in [0.4, 0.5) is 0 Å². The maximum Gasteiger partial charge on any atom is 0.256 e. The first-order valence-corrected chi connectivity index (χ1v) is 9.82. The third kappa shape index (κ3) is 4.48. The number of amides is 1. The first-order valence-electron chi connectivity index (χ1n) is 8.21. The Morgan fingerprint density at radius 1 is 1.35 bits per heavy atom. The summed E-state index contributed by atoms with van der Waals surface area (Å²) in [7, 11) is -3.40. The number of pyridine rings is 1. The van der Waals surface area contributed by atoms with Gasteiger partial charge in [-0.25, -0.2) is 13.4 Å². The lowest BCUT2D eigenvalue weighted by atomic mass is 10.1. The number of fused-ring (bicyclic) bond motifs is 1. The Labute approximate surface area is 152 Å². The number of ether oxygens (including phenoxy) is 1. The largest absolute Gasteiger partial charge is 0.475 e. The van der Waals surface area contributed by atoms with Crippen molar-refractivity contribution in [2.75, 3.05) is 12.3 Å². The summed E-state index contributed by atoms with van der Waals surface area (Å²) < 4.78 is 32.2. The lowest BCUT2D eigenvalue weighted by Gasteiger charge is -2.26. The van der Waals surface area contributed by atoms with E-state index in [-0.39, 0.29) is 24.3 Å². The van der Waals surface area contributed by atoms with Crippen LogP contribution in [0, 0.1) is 0 Å². The SMILES string of the molecule is CC(C)Oc1ccc(CNC(=O)C2=CN3CCS(=O)(=O)N=C3C=C2)cn1. The van der Waals surface area contributed by atoms with Crippen LogP contribution in [0.2, 0.25) is 0 Å². The molecule has 2 aliphatic rings. The van der Waals surface area contributed by atoms with Gasteiger partial charge in [0.1, 0.15) is 5.84 Å². The van der Waals surface area contributed by atoms with E-state index in [2.05, 4.69) is 14.7 Å². The van der Waals surface area contributed by atoms with E-state index in [1.54, 1.807) is 29.4 Å². The summed E-state index contributed by atoms with van der Waals surface area (Å²) >= 11 is 0. The van der Waals surface area contributed by atoms with Crippen LogP contribution in [-0.4, -0.2) is 48.4 Å². The van der Waals surface area contributed by atoms with Crippen LogP contribution >= 0.6 is 0 Å². The predicted octanol–water partition coefficient (Wildman–Crippen LogP) is 0.983. The molecule has 0 unspecified atom stereocenters. The number of nitrogens with zero attached hydrogens (tertiary/aromatic N) is 3. The van der Waals surface area contributed by atoms with Crippen molar-refractivity contribution in [2.24, 2.45) is 4.40 Å². The van der Waals surface area contributed by atoms with Crippen molar-refractivity contribution in [2.45, 2.75) is 26.5 Å². The molecule has 1 aromatic rings. The second kappa shape index (κ2) is 7.28. The fourth-order valence-electron chi connectivity index (χ4n) is 2.45. The van der Waals surface area contributed by atoms with Crippen molar-refractivity contribution in [1.82, 2.24) is 15.2 Å². The summed E-state index contributed by atoms with van der Waals surface area (Å²) in [5, 5.41) is 2.82. The molecule has 0 fully saturated rings. The van der Waals surface area contributed by atoms with Crippen LogP contribution in [0.5, 0.6) is 5.88 Å². The number of amidine groups is 1. The summed E-state index contributed by atoms with van der Waals surface area (Å²) in [5.74, 6) is 0.556. The molecule has 0 atom stereocenters. The van der Waals surface area contributed by atoms with Gasteiger partial charge >= 0.3 is 0 Å². The van der Waals surface area contributed by atoms with E-state index in [1.165, 1.54) is 6.08 Å². The van der Waals surface area contributed by atoms with Gasteiger partial charge in [-0.15, -0.1) is 4.40 Å². The number of hydrogen-bond acceptors (Lipinski definition) is 6. The van der Waals surface area contributed by atoms with Crippen molar-refractivity contribution in [3.05, 3.63) is 47.8 Å². The van der Waals surface area contributed by atoms with Gasteiger partial charge in [-0.1, -0.05) is 6.07 Å². The molecule has 0 aromatic carbocycles. The van der Waals surface area contributed by atoms with Crippen LogP contribution in [0.25, 0.3) is 0 Å². The molecule has 0 saturated heterocycles. The average Bonchev–Trinajstić information content (AvgIpc) is 2.59. The molecule has 0 aliphatic carbocycles. The fourth-order valence-corrected chi connectivity index (χ4v) is 3.42. The highest BCUT2D eigenvalue weighted by molar-refractivity contribution is 7.90. The lowest BCUT2D eigenvalue weighted by molar-refractivity contribution is -0.117. The molecule has 3 heterocycles. The summed E-state index contributed by atoms with van der Waals surface area (Å²) in [6.07, 6.45) is 6.41. The molecule has 0 bridgehead atoms. The van der Waals surface area contributed by atoms with Crippen LogP contribution in [-0.2, 0) is 21.4 Å². The molecule has 0 saturated carbocycles. The van der Waals surface area contributed by atoms with E-state index < -0.39 is 10.0 Å². The van der Waals surface area contributed by atoms with Gasteiger partial charge in [0.2, 0.25) is 5.88 Å². The van der Waals surface area contributed by atoms with Gasteiger partial charge in [0.25, 0.3) is 15.9 Å². The molecule has 2 aliphatic heterocycles. The zero-order valence-electron chi connectivity index (χ0n) is 14.5. The summed E-state index contributed by atoms with van der Waals surface area (Å²) in [5.41, 5.74) is 1.29. The average molecular weight is 376 g/mol. The topological polar surface area (TPSA) is 101 Å². The smallest absolute Gasteiger partial charge is 0.256 e. The number of carbonyl (C=O) groups excluding carboxylic acids is 1. The first-order chi connectivity index (χ1) is 12.3. The van der Waals surface area contributed by atoms with Gasteiger partial charge in [0.15, 0.2) is 0 Å². The third-order valence-corrected chi connectivity index (χ3v) is 4.86. The molecule has 1 aromatic heterocycles. The molecule has 3 rings (SSSR count). The van der Waals surface area contributed by atoms with E-state index >= 15 is 0 Å². The van der Waals surface area contributed by atoms with Crippen molar-refractivity contribution in [3.63, 3.8) is 0 Å². The van der Waals surface area contributed by atoms with Gasteiger partial charge in [0, 0.05) is 31.6 Å². The van der Waals surface area contributed by atoms with E-state index in [4.69, 9.17) is 4.74 Å². The van der Waals surface area contributed by atoms with E-state index in [0.717, 1.165) is 5.56 Å². The van der Waals surface area contributed by atoms with Crippen molar-refractivity contribution >= 4 is 21.8 Å². The third-order valence-electron chi connectivity index (χ3n) is 3.69. The summed E-state index contributed by atoms with van der Waals surface area (Å²) in [6.45, 7) is 4.46. The minimum atomic E-state index is -3.40. The molecule has 9 heteroatoms. The van der Waals surface area contributed by atoms with Crippen LogP contribution in [0.1, 0.15) is 19.4 Å². The fraction of sp³-hybridized carbons (Fsp3) is 0.353. The number of nitrogens with one attached hydrogen (secondary N) is 1. The molecular weight excluding hydrogens is 356 g/mol. The molecule has 1 N–H and O–H groups in total. The molecule has 1 amide bonds. The zero-order valence-corrected chi connectivity index (χ0v) is 15.4. The minimum Gasteiger partial charge on any atom is -0.475 e. The molecule has 0 radical (unpaired) electrons. The van der Waals surface area contributed by atoms with Gasteiger partial charge < -0.3 is 15.0 Å². The number of sulfonamides is 1. The van der Waals surface area contributed by atoms with Crippen molar-refractivity contribution < 1.29 is 17.9 Å². The van der Waals surface area contributed by atoms with Gasteiger partial charge in [-0.3, -0.25) is 4.79 Å². The maximum atomic E-state index is 12.3. The first kappa shape index (κ1) is 18.1. The standard InChI is InChI=1S/C17H20N4O4S/c1-12(2)25-16-6-3-13(9-18-16)10-19-17(22)14-4-5-15-20-26(23,24)8-7-21(15)11-14/h3-6,9,11-12H,7-8,10H2,1-2H3,(H,19,22). The Morgan fingerprint density at radius 2 is 2.15 bits per heavy atom.